The van der Waals surface area contributed by atoms with Gasteiger partial charge in [0.2, 0.25) is 0 Å². The lowest BCUT2D eigenvalue weighted by Gasteiger charge is -2.26. The van der Waals surface area contributed by atoms with E-state index in [4.69, 9.17) is 10.5 Å². The van der Waals surface area contributed by atoms with Crippen LogP contribution >= 0.6 is 0 Å². The largest absolute Gasteiger partial charge is 0.481 e. The highest BCUT2D eigenvalue weighted by molar-refractivity contribution is 5.97. The Balaban J connectivity index is 2.55. The van der Waals surface area contributed by atoms with Gasteiger partial charge in [0, 0.05) is 13.1 Å². The van der Waals surface area contributed by atoms with Crippen molar-refractivity contribution in [2.75, 3.05) is 24.3 Å². The SMILES string of the molecule is CN1C(=O)COc2cc(F)c(N)cc21. The quantitative estimate of drug-likeness (QED) is 0.623. The molecule has 0 aliphatic carbocycles. The number of likely N-dealkylation sites (N-methyl/N-ethyl adjacent to an activating group) is 1. The molecular weight excluding hydrogens is 187 g/mol. The highest BCUT2D eigenvalue weighted by Gasteiger charge is 2.23. The van der Waals surface area contributed by atoms with E-state index in [2.05, 4.69) is 0 Å². The summed E-state index contributed by atoms with van der Waals surface area (Å²) in [7, 11) is 1.60. The molecule has 2 N–H and O–H groups in total. The summed E-state index contributed by atoms with van der Waals surface area (Å²) in [5.74, 6) is -0.367. The van der Waals surface area contributed by atoms with E-state index in [-0.39, 0.29) is 18.2 Å². The monoisotopic (exact) mass is 196 g/mol. The summed E-state index contributed by atoms with van der Waals surface area (Å²) in [5.41, 5.74) is 5.89. The number of rotatable bonds is 0. The van der Waals surface area contributed by atoms with E-state index < -0.39 is 5.82 Å². The molecule has 0 spiro atoms. The first-order chi connectivity index (χ1) is 6.59. The fourth-order valence-corrected chi connectivity index (χ4v) is 1.31. The molecule has 0 unspecified atom stereocenters. The third-order valence-electron chi connectivity index (χ3n) is 2.16. The number of anilines is 2. The van der Waals surface area contributed by atoms with Crippen LogP contribution in [0.2, 0.25) is 0 Å². The number of nitrogen functional groups attached to an aromatic ring is 1. The van der Waals surface area contributed by atoms with Crippen molar-refractivity contribution in [3.05, 3.63) is 17.9 Å². The molecule has 0 radical (unpaired) electrons. The average molecular weight is 196 g/mol. The summed E-state index contributed by atoms with van der Waals surface area (Å²) in [6, 6.07) is 2.58. The molecule has 1 aromatic carbocycles. The second-order valence-electron chi connectivity index (χ2n) is 3.08. The Hall–Kier alpha value is -1.78. The maximum atomic E-state index is 13.0. The predicted molar refractivity (Wildman–Crippen MR) is 49.7 cm³/mol. The third-order valence-corrected chi connectivity index (χ3v) is 2.16. The number of benzene rings is 1. The van der Waals surface area contributed by atoms with E-state index >= 15 is 0 Å². The van der Waals surface area contributed by atoms with Crippen molar-refractivity contribution in [1.29, 1.82) is 0 Å². The summed E-state index contributed by atoms with van der Waals surface area (Å²) in [6.07, 6.45) is 0. The van der Waals surface area contributed by atoms with Crippen molar-refractivity contribution in [3.63, 3.8) is 0 Å². The lowest BCUT2D eigenvalue weighted by Crippen LogP contribution is -2.35. The zero-order valence-electron chi connectivity index (χ0n) is 7.58. The van der Waals surface area contributed by atoms with E-state index in [0.717, 1.165) is 0 Å². The first-order valence-corrected chi connectivity index (χ1v) is 4.08. The molecule has 1 aliphatic rings. The van der Waals surface area contributed by atoms with E-state index in [0.29, 0.717) is 11.4 Å². The highest BCUT2D eigenvalue weighted by Crippen LogP contribution is 2.34. The van der Waals surface area contributed by atoms with Gasteiger partial charge >= 0.3 is 0 Å². The second-order valence-corrected chi connectivity index (χ2v) is 3.08. The standard InChI is InChI=1S/C9H9FN2O2/c1-12-7-3-6(11)5(10)2-8(7)14-4-9(12)13/h2-3H,4,11H2,1H3. The van der Waals surface area contributed by atoms with Gasteiger partial charge < -0.3 is 15.4 Å². The molecule has 2 rings (SSSR count). The second kappa shape index (κ2) is 2.87. The third kappa shape index (κ3) is 1.17. The van der Waals surface area contributed by atoms with Crippen molar-refractivity contribution in [2.24, 2.45) is 0 Å². The average Bonchev–Trinajstić information content (AvgIpc) is 2.15. The topological polar surface area (TPSA) is 55.6 Å². The molecule has 5 heteroatoms. The molecule has 1 aromatic rings. The summed E-state index contributed by atoms with van der Waals surface area (Å²) >= 11 is 0. The summed E-state index contributed by atoms with van der Waals surface area (Å²) in [6.45, 7) is -0.0626. The van der Waals surface area contributed by atoms with Crippen molar-refractivity contribution < 1.29 is 13.9 Å². The van der Waals surface area contributed by atoms with Crippen LogP contribution in [0.3, 0.4) is 0 Å². The molecular formula is C9H9FN2O2. The lowest BCUT2D eigenvalue weighted by molar-refractivity contribution is -0.120. The lowest BCUT2D eigenvalue weighted by atomic mass is 10.2. The first kappa shape index (κ1) is 8.80. The van der Waals surface area contributed by atoms with Crippen LogP contribution < -0.4 is 15.4 Å². The molecule has 1 heterocycles. The van der Waals surface area contributed by atoms with Crippen molar-refractivity contribution in [2.45, 2.75) is 0 Å². The van der Waals surface area contributed by atoms with E-state index in [1.54, 1.807) is 7.05 Å². The molecule has 0 atom stereocenters. The van der Waals surface area contributed by atoms with Gasteiger partial charge in [-0.15, -0.1) is 0 Å². The van der Waals surface area contributed by atoms with Crippen LogP contribution in [-0.4, -0.2) is 19.6 Å². The van der Waals surface area contributed by atoms with Crippen LogP contribution in [0.1, 0.15) is 0 Å². The number of nitrogens with zero attached hydrogens (tertiary/aromatic N) is 1. The maximum Gasteiger partial charge on any atom is 0.264 e. The smallest absolute Gasteiger partial charge is 0.264 e. The van der Waals surface area contributed by atoms with Crippen LogP contribution in [0.5, 0.6) is 5.75 Å². The summed E-state index contributed by atoms with van der Waals surface area (Å²) < 4.78 is 18.1. The number of fused-ring (bicyclic) bond motifs is 1. The van der Waals surface area contributed by atoms with Gasteiger partial charge in [-0.05, 0) is 6.07 Å². The Bertz CT molecular complexity index is 406. The molecule has 0 bridgehead atoms. The van der Waals surface area contributed by atoms with Gasteiger partial charge in [0.15, 0.2) is 6.61 Å². The van der Waals surface area contributed by atoms with Crippen LogP contribution in [0.4, 0.5) is 15.8 Å². The molecule has 0 aromatic heterocycles. The maximum absolute atomic E-state index is 13.0. The van der Waals surface area contributed by atoms with Crippen LogP contribution in [0.25, 0.3) is 0 Å². The van der Waals surface area contributed by atoms with Crippen molar-refractivity contribution >= 4 is 17.3 Å². The zero-order chi connectivity index (χ0) is 10.3. The fourth-order valence-electron chi connectivity index (χ4n) is 1.31. The van der Waals surface area contributed by atoms with Gasteiger partial charge in [-0.3, -0.25) is 4.79 Å². The Morgan fingerprint density at radius 1 is 1.57 bits per heavy atom. The van der Waals surface area contributed by atoms with Crippen LogP contribution in [-0.2, 0) is 4.79 Å². The van der Waals surface area contributed by atoms with Crippen molar-refractivity contribution in [1.82, 2.24) is 0 Å². The van der Waals surface area contributed by atoms with Crippen molar-refractivity contribution in [3.8, 4) is 5.75 Å². The zero-order valence-corrected chi connectivity index (χ0v) is 7.58. The number of amides is 1. The van der Waals surface area contributed by atoms with Gasteiger partial charge in [-0.1, -0.05) is 0 Å². The minimum absolute atomic E-state index is 0.00824. The number of nitrogens with two attached hydrogens (primary N) is 1. The van der Waals surface area contributed by atoms with Gasteiger partial charge in [-0.25, -0.2) is 4.39 Å². The normalized spacial score (nSPS) is 15.0. The number of ether oxygens (including phenoxy) is 1. The number of halogens is 1. The van der Waals surface area contributed by atoms with Crippen LogP contribution in [0, 0.1) is 5.82 Å². The van der Waals surface area contributed by atoms with E-state index in [1.807, 2.05) is 0 Å². The van der Waals surface area contributed by atoms with Gasteiger partial charge in [-0.2, -0.15) is 0 Å². The number of hydrogen-bond acceptors (Lipinski definition) is 3. The highest BCUT2D eigenvalue weighted by atomic mass is 19.1. The molecule has 74 valence electrons. The fraction of sp³-hybridized carbons (Fsp3) is 0.222. The van der Waals surface area contributed by atoms with E-state index in [1.165, 1.54) is 17.0 Å². The molecule has 14 heavy (non-hydrogen) atoms. The molecule has 4 nitrogen and oxygen atoms in total. The minimum atomic E-state index is -0.536. The number of carbonyl (C=O) groups excluding carboxylic acids is 1. The summed E-state index contributed by atoms with van der Waals surface area (Å²) in [5, 5.41) is 0. The number of carbonyl (C=O) groups is 1. The van der Waals surface area contributed by atoms with E-state index in [9.17, 15) is 9.18 Å². The minimum Gasteiger partial charge on any atom is -0.481 e. The first-order valence-electron chi connectivity index (χ1n) is 4.08. The molecule has 0 saturated carbocycles. The molecule has 1 aliphatic heterocycles. The van der Waals surface area contributed by atoms with Gasteiger partial charge in [0.05, 0.1) is 11.4 Å². The van der Waals surface area contributed by atoms with Crippen LogP contribution in [0.15, 0.2) is 12.1 Å². The van der Waals surface area contributed by atoms with Gasteiger partial charge in [0.1, 0.15) is 11.6 Å². The molecule has 0 fully saturated rings. The summed E-state index contributed by atoms with van der Waals surface area (Å²) in [4.78, 5) is 12.6. The predicted octanol–water partition coefficient (Wildman–Crippen LogP) is 0.763. The Morgan fingerprint density at radius 3 is 3.00 bits per heavy atom. The Kier molecular flexibility index (Phi) is 1.80. The number of hydrogen-bond donors (Lipinski definition) is 1. The van der Waals surface area contributed by atoms with Gasteiger partial charge in [0.25, 0.3) is 5.91 Å². The Labute approximate surface area is 80.1 Å². The Morgan fingerprint density at radius 2 is 2.29 bits per heavy atom. The molecule has 1 amide bonds. The molecule has 0 saturated heterocycles.